The van der Waals surface area contributed by atoms with Crippen molar-refractivity contribution in [1.29, 1.82) is 0 Å². The Bertz CT molecular complexity index is 1430. The van der Waals surface area contributed by atoms with Gasteiger partial charge in [-0.2, -0.15) is 12.7 Å². The molecule has 0 aromatic heterocycles. The summed E-state index contributed by atoms with van der Waals surface area (Å²) in [5.74, 6) is -1.50. The molecule has 3 aromatic carbocycles. The Labute approximate surface area is 250 Å². The quantitative estimate of drug-likeness (QED) is 0.325. The van der Waals surface area contributed by atoms with Crippen LogP contribution < -0.4 is 9.62 Å². The lowest BCUT2D eigenvalue weighted by atomic mass is 10.0. The van der Waals surface area contributed by atoms with Crippen LogP contribution in [-0.2, 0) is 32.8 Å². The summed E-state index contributed by atoms with van der Waals surface area (Å²) in [7, 11) is -1.45. The van der Waals surface area contributed by atoms with Crippen LogP contribution in [0, 0.1) is 5.82 Å². The van der Waals surface area contributed by atoms with Crippen molar-refractivity contribution < 1.29 is 22.4 Å². The Morgan fingerprint density at radius 1 is 0.902 bits per heavy atom. The molecule has 11 heteroatoms. The van der Waals surface area contributed by atoms with Crippen molar-refractivity contribution in [3.63, 3.8) is 0 Å². The smallest absolute Gasteiger partial charge is 0.304 e. The molecule has 0 aliphatic heterocycles. The topological polar surface area (TPSA) is 90.0 Å². The van der Waals surface area contributed by atoms with Crippen molar-refractivity contribution in [2.45, 2.75) is 45.3 Å². The number of carbonyl (C=O) groups is 2. The van der Waals surface area contributed by atoms with E-state index in [2.05, 4.69) is 21.2 Å². The predicted octanol–water partition coefficient (Wildman–Crippen LogP) is 4.76. The van der Waals surface area contributed by atoms with E-state index < -0.39 is 40.1 Å². The summed E-state index contributed by atoms with van der Waals surface area (Å²) in [6, 6.07) is 20.6. The molecule has 1 atom stereocenters. The summed E-state index contributed by atoms with van der Waals surface area (Å²) >= 11 is 3.42. The summed E-state index contributed by atoms with van der Waals surface area (Å²) in [6.07, 6.45) is 0.210. The molecule has 41 heavy (non-hydrogen) atoms. The first-order valence-electron chi connectivity index (χ1n) is 13.0. The van der Waals surface area contributed by atoms with Crippen molar-refractivity contribution in [2.24, 2.45) is 0 Å². The van der Waals surface area contributed by atoms with E-state index >= 15 is 0 Å². The number of nitrogens with zero attached hydrogens (tertiary/aromatic N) is 3. The summed E-state index contributed by atoms with van der Waals surface area (Å²) in [4.78, 5) is 29.3. The van der Waals surface area contributed by atoms with Crippen LogP contribution in [0.25, 0.3) is 0 Å². The van der Waals surface area contributed by atoms with Gasteiger partial charge in [-0.1, -0.05) is 58.4 Å². The highest BCUT2D eigenvalue weighted by Crippen LogP contribution is 2.23. The molecule has 0 fully saturated rings. The van der Waals surface area contributed by atoms with Crippen molar-refractivity contribution in [2.75, 3.05) is 24.9 Å². The van der Waals surface area contributed by atoms with Crippen LogP contribution in [0.3, 0.4) is 0 Å². The van der Waals surface area contributed by atoms with Crippen LogP contribution >= 0.6 is 15.9 Å². The average molecular weight is 648 g/mol. The minimum Gasteiger partial charge on any atom is -0.350 e. The first-order valence-corrected chi connectivity index (χ1v) is 15.2. The fourth-order valence-corrected chi connectivity index (χ4v) is 5.44. The maximum absolute atomic E-state index is 14.2. The lowest BCUT2D eigenvalue weighted by molar-refractivity contribution is -0.140. The third kappa shape index (κ3) is 9.11. The molecule has 2 amide bonds. The van der Waals surface area contributed by atoms with Crippen LogP contribution in [0.15, 0.2) is 83.3 Å². The molecule has 0 heterocycles. The highest BCUT2D eigenvalue weighted by molar-refractivity contribution is 9.10. The third-order valence-electron chi connectivity index (χ3n) is 6.17. The number of rotatable bonds is 11. The second kappa shape index (κ2) is 13.6. The summed E-state index contributed by atoms with van der Waals surface area (Å²) in [5, 5.41) is 2.99. The molecule has 0 saturated carbocycles. The average Bonchev–Trinajstić information content (AvgIpc) is 2.90. The van der Waals surface area contributed by atoms with Gasteiger partial charge in [0.2, 0.25) is 11.8 Å². The standard InChI is InChI=1S/C30H36BrFN4O4S/c1-30(2,3)33-29(38)27(19-22-9-7-6-8-10-22)35(20-23-11-13-24(31)14-12-23)28(37)21-36(41(39,40)34(4)5)26-17-15-25(32)16-18-26/h6-18,27H,19-21H2,1-5H3,(H,33,38). The fraction of sp³-hybridized carbons (Fsp3) is 0.333. The van der Waals surface area contributed by atoms with E-state index in [4.69, 9.17) is 0 Å². The molecule has 0 radical (unpaired) electrons. The number of nitrogens with one attached hydrogen (secondary N) is 1. The van der Waals surface area contributed by atoms with Gasteiger partial charge in [0.1, 0.15) is 18.4 Å². The molecule has 1 N–H and O–H groups in total. The van der Waals surface area contributed by atoms with Crippen LogP contribution in [0.4, 0.5) is 10.1 Å². The molecule has 0 spiro atoms. The molecule has 1 unspecified atom stereocenters. The number of carbonyl (C=O) groups excluding carboxylic acids is 2. The minimum absolute atomic E-state index is 0.0560. The number of hydrogen-bond acceptors (Lipinski definition) is 4. The maximum Gasteiger partial charge on any atom is 0.304 e. The van der Waals surface area contributed by atoms with Gasteiger partial charge in [0, 0.05) is 37.1 Å². The summed E-state index contributed by atoms with van der Waals surface area (Å²) < 4.78 is 43.2. The molecule has 0 saturated heterocycles. The van der Waals surface area contributed by atoms with E-state index in [0.29, 0.717) is 0 Å². The Hall–Kier alpha value is -3.28. The van der Waals surface area contributed by atoms with E-state index in [1.807, 2.05) is 75.4 Å². The van der Waals surface area contributed by atoms with E-state index in [-0.39, 0.29) is 24.6 Å². The van der Waals surface area contributed by atoms with Gasteiger partial charge >= 0.3 is 10.2 Å². The SMILES string of the molecule is CN(C)S(=O)(=O)N(CC(=O)N(Cc1ccc(Br)cc1)C(Cc1ccccc1)C(=O)NC(C)(C)C)c1ccc(F)cc1. The number of hydrogen-bond donors (Lipinski definition) is 1. The van der Waals surface area contributed by atoms with E-state index in [1.165, 1.54) is 31.1 Å². The lowest BCUT2D eigenvalue weighted by Gasteiger charge is -2.35. The second-order valence-electron chi connectivity index (χ2n) is 10.9. The lowest BCUT2D eigenvalue weighted by Crippen LogP contribution is -2.56. The molecule has 3 rings (SSSR count). The fourth-order valence-electron chi connectivity index (χ4n) is 4.12. The molecule has 0 aliphatic rings. The zero-order valence-electron chi connectivity index (χ0n) is 23.8. The van der Waals surface area contributed by atoms with E-state index in [9.17, 15) is 22.4 Å². The Morgan fingerprint density at radius 2 is 1.49 bits per heavy atom. The van der Waals surface area contributed by atoms with Crippen LogP contribution in [0.2, 0.25) is 0 Å². The first-order chi connectivity index (χ1) is 19.2. The van der Waals surface area contributed by atoms with Gasteiger partial charge in [-0.25, -0.2) is 8.70 Å². The zero-order chi connectivity index (χ0) is 30.4. The molecular formula is C30H36BrFN4O4S. The van der Waals surface area contributed by atoms with Crippen molar-refractivity contribution in [3.8, 4) is 0 Å². The molecule has 0 bridgehead atoms. The van der Waals surface area contributed by atoms with Gasteiger partial charge in [-0.3, -0.25) is 9.59 Å². The largest absolute Gasteiger partial charge is 0.350 e. The summed E-state index contributed by atoms with van der Waals surface area (Å²) in [5.41, 5.74) is 1.14. The zero-order valence-corrected chi connectivity index (χ0v) is 26.2. The van der Waals surface area contributed by atoms with E-state index in [0.717, 1.165) is 36.3 Å². The highest BCUT2D eigenvalue weighted by atomic mass is 79.9. The van der Waals surface area contributed by atoms with Crippen LogP contribution in [0.5, 0.6) is 0 Å². The monoisotopic (exact) mass is 646 g/mol. The number of anilines is 1. The molecule has 220 valence electrons. The molecule has 3 aromatic rings. The van der Waals surface area contributed by atoms with Crippen LogP contribution in [-0.4, -0.2) is 61.7 Å². The van der Waals surface area contributed by atoms with Crippen molar-refractivity contribution in [3.05, 3.63) is 100 Å². The number of halogens is 2. The van der Waals surface area contributed by atoms with Crippen molar-refractivity contribution in [1.82, 2.24) is 14.5 Å². The number of benzene rings is 3. The minimum atomic E-state index is -4.16. The van der Waals surface area contributed by atoms with Gasteiger partial charge in [0.05, 0.1) is 5.69 Å². The van der Waals surface area contributed by atoms with Crippen LogP contribution in [0.1, 0.15) is 31.9 Å². The van der Waals surface area contributed by atoms with Gasteiger partial charge < -0.3 is 10.2 Å². The Morgan fingerprint density at radius 3 is 2.02 bits per heavy atom. The van der Waals surface area contributed by atoms with Gasteiger partial charge in [-0.05, 0) is 68.3 Å². The normalized spacial score (nSPS) is 12.6. The maximum atomic E-state index is 14.2. The van der Waals surface area contributed by atoms with Gasteiger partial charge in [0.15, 0.2) is 0 Å². The Kier molecular flexibility index (Phi) is 10.7. The van der Waals surface area contributed by atoms with Gasteiger partial charge in [-0.15, -0.1) is 0 Å². The third-order valence-corrected chi connectivity index (χ3v) is 8.52. The van der Waals surface area contributed by atoms with Crippen molar-refractivity contribution >= 4 is 43.6 Å². The molecular weight excluding hydrogens is 611 g/mol. The van der Waals surface area contributed by atoms with Gasteiger partial charge in [0.25, 0.3) is 0 Å². The molecule has 0 aliphatic carbocycles. The predicted molar refractivity (Wildman–Crippen MR) is 163 cm³/mol. The van der Waals surface area contributed by atoms with E-state index in [1.54, 1.807) is 0 Å². The summed E-state index contributed by atoms with van der Waals surface area (Å²) in [6.45, 7) is 5.01. The number of amides is 2. The molecule has 8 nitrogen and oxygen atoms in total. The first kappa shape index (κ1) is 32.2. The Balaban J connectivity index is 2.10. The highest BCUT2D eigenvalue weighted by Gasteiger charge is 2.35. The second-order valence-corrected chi connectivity index (χ2v) is 13.8.